The fourth-order valence-electron chi connectivity index (χ4n) is 3.21. The molecule has 0 radical (unpaired) electrons. The molecule has 28 heavy (non-hydrogen) atoms. The molecule has 0 unspecified atom stereocenters. The van der Waals surface area contributed by atoms with E-state index in [-0.39, 0.29) is 5.75 Å². The number of anilines is 1. The molecule has 0 aliphatic rings. The van der Waals surface area contributed by atoms with Crippen molar-refractivity contribution in [3.05, 3.63) is 66.5 Å². The third-order valence-corrected chi connectivity index (χ3v) is 4.46. The molecular weight excluding hydrogens is 364 g/mol. The van der Waals surface area contributed by atoms with Gasteiger partial charge in [0.1, 0.15) is 17.1 Å². The van der Waals surface area contributed by atoms with Crippen LogP contribution in [0.2, 0.25) is 0 Å². The van der Waals surface area contributed by atoms with E-state index in [1.165, 1.54) is 6.07 Å². The molecular formula is C21H17F2N3O2. The van der Waals surface area contributed by atoms with Gasteiger partial charge in [-0.3, -0.25) is 0 Å². The van der Waals surface area contributed by atoms with E-state index in [0.717, 1.165) is 28.6 Å². The molecule has 0 saturated heterocycles. The lowest BCUT2D eigenvalue weighted by molar-refractivity contribution is 0.401. The van der Waals surface area contributed by atoms with Gasteiger partial charge in [0, 0.05) is 47.7 Å². The van der Waals surface area contributed by atoms with E-state index < -0.39 is 11.6 Å². The first-order chi connectivity index (χ1) is 13.5. The lowest BCUT2D eigenvalue weighted by Gasteiger charge is -2.12. The molecule has 2 heterocycles. The minimum Gasteiger partial charge on any atom is -0.479 e. The number of aryl methyl sites for hydroxylation is 1. The average Bonchev–Trinajstić information content (AvgIpc) is 3.02. The number of fused-ring (bicyclic) bond motifs is 1. The molecule has 0 saturated carbocycles. The highest BCUT2D eigenvalue weighted by atomic mass is 19.1. The van der Waals surface area contributed by atoms with Crippen LogP contribution in [0.5, 0.6) is 17.4 Å². The Labute approximate surface area is 159 Å². The minimum atomic E-state index is -0.786. The molecule has 0 bridgehead atoms. The van der Waals surface area contributed by atoms with Gasteiger partial charge in [-0.1, -0.05) is 0 Å². The maximum atomic E-state index is 14.1. The SMILES string of the molecule is COc1nccc2c(-c3cc(N)ccc3Oc3ccc(F)cc3F)cn(C)c12. The second-order valence-electron chi connectivity index (χ2n) is 6.30. The molecule has 4 aromatic rings. The van der Waals surface area contributed by atoms with E-state index in [4.69, 9.17) is 15.2 Å². The fourth-order valence-corrected chi connectivity index (χ4v) is 3.21. The minimum absolute atomic E-state index is 0.0769. The van der Waals surface area contributed by atoms with Gasteiger partial charge in [0.25, 0.3) is 0 Å². The van der Waals surface area contributed by atoms with Crippen LogP contribution in [0.15, 0.2) is 54.9 Å². The molecule has 0 aliphatic heterocycles. The largest absolute Gasteiger partial charge is 0.479 e. The first-order valence-corrected chi connectivity index (χ1v) is 8.48. The number of hydrogen-bond acceptors (Lipinski definition) is 4. The Morgan fingerprint density at radius 2 is 1.79 bits per heavy atom. The van der Waals surface area contributed by atoms with Crippen molar-refractivity contribution in [3.63, 3.8) is 0 Å². The molecule has 2 N–H and O–H groups in total. The second-order valence-corrected chi connectivity index (χ2v) is 6.30. The van der Waals surface area contributed by atoms with Crippen molar-refractivity contribution in [2.24, 2.45) is 7.05 Å². The van der Waals surface area contributed by atoms with Gasteiger partial charge in [0.05, 0.1) is 7.11 Å². The number of hydrogen-bond donors (Lipinski definition) is 1. The smallest absolute Gasteiger partial charge is 0.238 e. The number of halogens is 2. The van der Waals surface area contributed by atoms with Crippen molar-refractivity contribution >= 4 is 16.6 Å². The van der Waals surface area contributed by atoms with Crippen molar-refractivity contribution in [2.75, 3.05) is 12.8 Å². The summed E-state index contributed by atoms with van der Waals surface area (Å²) in [6.07, 6.45) is 3.55. The Morgan fingerprint density at radius 3 is 2.54 bits per heavy atom. The lowest BCUT2D eigenvalue weighted by atomic mass is 10.0. The van der Waals surface area contributed by atoms with Crippen LogP contribution in [0.1, 0.15) is 0 Å². The zero-order chi connectivity index (χ0) is 19.8. The van der Waals surface area contributed by atoms with Crippen LogP contribution in [0.3, 0.4) is 0 Å². The van der Waals surface area contributed by atoms with Crippen LogP contribution < -0.4 is 15.2 Å². The van der Waals surface area contributed by atoms with Crippen molar-refractivity contribution in [1.82, 2.24) is 9.55 Å². The topological polar surface area (TPSA) is 62.3 Å². The van der Waals surface area contributed by atoms with Crippen LogP contribution in [-0.2, 0) is 7.05 Å². The maximum absolute atomic E-state index is 14.1. The lowest BCUT2D eigenvalue weighted by Crippen LogP contribution is -1.94. The van der Waals surface area contributed by atoms with Crippen molar-refractivity contribution in [3.8, 4) is 28.5 Å². The molecule has 2 aromatic carbocycles. The summed E-state index contributed by atoms with van der Waals surface area (Å²) in [5.41, 5.74) is 8.82. The molecule has 0 atom stereocenters. The standard InChI is InChI=1S/C21H17F2N3O2/c1-26-11-16(14-7-8-25-21(27-2)20(14)26)15-10-13(24)4-6-18(15)28-19-5-3-12(22)9-17(19)23/h3-11H,24H2,1-2H3. The van der Waals surface area contributed by atoms with E-state index in [2.05, 4.69) is 4.98 Å². The normalized spacial score (nSPS) is 11.0. The number of ether oxygens (including phenoxy) is 2. The summed E-state index contributed by atoms with van der Waals surface area (Å²) in [4.78, 5) is 4.24. The van der Waals surface area contributed by atoms with Crippen LogP contribution in [0.4, 0.5) is 14.5 Å². The Hall–Kier alpha value is -3.61. The molecule has 7 heteroatoms. The van der Waals surface area contributed by atoms with E-state index in [0.29, 0.717) is 22.9 Å². The van der Waals surface area contributed by atoms with Gasteiger partial charge in [0.2, 0.25) is 5.88 Å². The van der Waals surface area contributed by atoms with Gasteiger partial charge in [-0.15, -0.1) is 0 Å². The van der Waals surface area contributed by atoms with Gasteiger partial charge in [-0.25, -0.2) is 13.8 Å². The second kappa shape index (κ2) is 6.84. The number of nitrogens with zero attached hydrogens (tertiary/aromatic N) is 2. The number of rotatable bonds is 4. The number of aromatic nitrogens is 2. The highest BCUT2D eigenvalue weighted by molar-refractivity contribution is 6.00. The Morgan fingerprint density at radius 1 is 1.00 bits per heavy atom. The molecule has 0 aliphatic carbocycles. The molecule has 0 fully saturated rings. The summed E-state index contributed by atoms with van der Waals surface area (Å²) < 4.78 is 40.3. The molecule has 0 spiro atoms. The zero-order valence-electron chi connectivity index (χ0n) is 15.2. The Kier molecular flexibility index (Phi) is 4.35. The van der Waals surface area contributed by atoms with Crippen molar-refractivity contribution in [1.29, 1.82) is 0 Å². The zero-order valence-corrected chi connectivity index (χ0v) is 15.2. The van der Waals surface area contributed by atoms with Gasteiger partial charge in [-0.05, 0) is 36.4 Å². The van der Waals surface area contributed by atoms with Gasteiger partial charge in [0.15, 0.2) is 11.6 Å². The van der Waals surface area contributed by atoms with Gasteiger partial charge < -0.3 is 19.8 Å². The van der Waals surface area contributed by atoms with Crippen LogP contribution in [0, 0.1) is 11.6 Å². The third kappa shape index (κ3) is 3.00. The number of nitrogen functional groups attached to an aromatic ring is 1. The van der Waals surface area contributed by atoms with Crippen LogP contribution >= 0.6 is 0 Å². The summed E-state index contributed by atoms with van der Waals surface area (Å²) in [6, 6.07) is 10.1. The highest BCUT2D eigenvalue weighted by Crippen LogP contribution is 2.41. The summed E-state index contributed by atoms with van der Waals surface area (Å²) in [5, 5.41) is 0.879. The fraction of sp³-hybridized carbons (Fsp3) is 0.0952. The quantitative estimate of drug-likeness (QED) is 0.511. The summed E-state index contributed by atoms with van der Waals surface area (Å²) in [6.45, 7) is 0. The van der Waals surface area contributed by atoms with E-state index in [9.17, 15) is 8.78 Å². The number of nitrogens with two attached hydrogens (primary N) is 1. The first kappa shape index (κ1) is 17.8. The molecule has 4 rings (SSSR count). The van der Waals surface area contributed by atoms with E-state index >= 15 is 0 Å². The van der Waals surface area contributed by atoms with E-state index in [1.807, 2.05) is 23.9 Å². The van der Waals surface area contributed by atoms with Crippen molar-refractivity contribution in [2.45, 2.75) is 0 Å². The first-order valence-electron chi connectivity index (χ1n) is 8.48. The molecule has 0 amide bonds. The average molecular weight is 381 g/mol. The van der Waals surface area contributed by atoms with Gasteiger partial charge in [-0.2, -0.15) is 0 Å². The molecule has 2 aromatic heterocycles. The van der Waals surface area contributed by atoms with E-state index in [1.54, 1.807) is 31.5 Å². The highest BCUT2D eigenvalue weighted by Gasteiger charge is 2.18. The maximum Gasteiger partial charge on any atom is 0.238 e. The summed E-state index contributed by atoms with van der Waals surface area (Å²) in [7, 11) is 3.43. The third-order valence-electron chi connectivity index (χ3n) is 4.46. The Balaban J connectivity index is 1.89. The monoisotopic (exact) mass is 381 g/mol. The molecule has 5 nitrogen and oxygen atoms in total. The number of benzene rings is 2. The number of methoxy groups -OCH3 is 1. The predicted octanol–water partition coefficient (Wildman–Crippen LogP) is 4.90. The van der Waals surface area contributed by atoms with Crippen LogP contribution in [-0.4, -0.2) is 16.7 Å². The van der Waals surface area contributed by atoms with Gasteiger partial charge >= 0.3 is 0 Å². The van der Waals surface area contributed by atoms with Crippen LogP contribution in [0.25, 0.3) is 22.0 Å². The molecule has 142 valence electrons. The van der Waals surface area contributed by atoms with Crippen molar-refractivity contribution < 1.29 is 18.3 Å². The summed E-state index contributed by atoms with van der Waals surface area (Å²) >= 11 is 0. The number of pyridine rings is 1. The Bertz CT molecular complexity index is 1190. The summed E-state index contributed by atoms with van der Waals surface area (Å²) in [5.74, 6) is -0.653. The predicted molar refractivity (Wildman–Crippen MR) is 104 cm³/mol.